The smallest absolute Gasteiger partial charge is 0.411 e. The second-order valence-corrected chi connectivity index (χ2v) is 7.07. The summed E-state index contributed by atoms with van der Waals surface area (Å²) in [5, 5.41) is 23.7. The molecule has 1 saturated carbocycles. The lowest BCUT2D eigenvalue weighted by Crippen LogP contribution is -2.51. The molecule has 1 fully saturated rings. The molecule has 1 aliphatic heterocycles. The predicted molar refractivity (Wildman–Crippen MR) is 98.6 cm³/mol. The maximum Gasteiger partial charge on any atom is 0.411 e. The van der Waals surface area contributed by atoms with Gasteiger partial charge in [0, 0.05) is 30.8 Å². The lowest BCUT2D eigenvalue weighted by Gasteiger charge is -2.39. The number of amides is 2. The second kappa shape index (κ2) is 6.13. The van der Waals surface area contributed by atoms with Crippen LogP contribution in [0, 0.1) is 11.3 Å². The van der Waals surface area contributed by atoms with Crippen molar-refractivity contribution in [3.63, 3.8) is 0 Å². The Bertz CT molecular complexity index is 986. The highest BCUT2D eigenvalue weighted by atomic mass is 16.4. The van der Waals surface area contributed by atoms with Gasteiger partial charge < -0.3 is 10.0 Å². The van der Waals surface area contributed by atoms with Crippen molar-refractivity contribution < 1.29 is 14.7 Å². The molecule has 138 valence electrons. The number of hydrogen-bond donors (Lipinski definition) is 1. The van der Waals surface area contributed by atoms with E-state index in [0.717, 1.165) is 18.4 Å². The Morgan fingerprint density at radius 2 is 2.04 bits per heavy atom. The maximum atomic E-state index is 12.2. The Hall–Kier alpha value is -3.34. The lowest BCUT2D eigenvalue weighted by atomic mass is 9.97. The number of carbonyl (C=O) groups is 2. The average molecular weight is 365 g/mol. The normalized spacial score (nSPS) is 18.8. The molecule has 1 atom stereocenters. The van der Waals surface area contributed by atoms with Crippen LogP contribution in [0.5, 0.6) is 0 Å². The zero-order chi connectivity index (χ0) is 19.3. The van der Waals surface area contributed by atoms with Gasteiger partial charge in [0.25, 0.3) is 0 Å². The lowest BCUT2D eigenvalue weighted by molar-refractivity contribution is -0.117. The minimum atomic E-state index is -1.09. The summed E-state index contributed by atoms with van der Waals surface area (Å²) >= 11 is 0. The van der Waals surface area contributed by atoms with Crippen molar-refractivity contribution in [2.45, 2.75) is 38.8 Å². The van der Waals surface area contributed by atoms with Crippen LogP contribution >= 0.6 is 0 Å². The summed E-state index contributed by atoms with van der Waals surface area (Å²) in [5.41, 5.74) is 2.62. The van der Waals surface area contributed by atoms with E-state index in [-0.39, 0.29) is 18.5 Å². The molecule has 2 amide bonds. The van der Waals surface area contributed by atoms with E-state index >= 15 is 0 Å². The van der Waals surface area contributed by atoms with E-state index in [1.807, 2.05) is 10.9 Å². The van der Waals surface area contributed by atoms with E-state index in [1.165, 1.54) is 11.8 Å². The van der Waals surface area contributed by atoms with Crippen molar-refractivity contribution >= 4 is 23.4 Å². The van der Waals surface area contributed by atoms with E-state index in [4.69, 9.17) is 0 Å². The summed E-state index contributed by atoms with van der Waals surface area (Å²) in [6, 6.07) is 5.55. The third-order valence-electron chi connectivity index (χ3n) is 5.08. The number of benzene rings is 1. The van der Waals surface area contributed by atoms with Crippen LogP contribution in [0.3, 0.4) is 0 Å². The summed E-state index contributed by atoms with van der Waals surface area (Å²) in [6.45, 7) is 3.41. The largest absolute Gasteiger partial charge is 0.465 e. The molecule has 0 saturated heterocycles. The van der Waals surface area contributed by atoms with Crippen LogP contribution in [-0.4, -0.2) is 39.5 Å². The first-order chi connectivity index (χ1) is 12.9. The minimum absolute atomic E-state index is 0.175. The van der Waals surface area contributed by atoms with Crippen LogP contribution in [0.1, 0.15) is 38.3 Å². The molecule has 1 aromatic heterocycles. The summed E-state index contributed by atoms with van der Waals surface area (Å²) in [4.78, 5) is 26.7. The zero-order valence-corrected chi connectivity index (χ0v) is 15.1. The Balaban J connectivity index is 1.89. The van der Waals surface area contributed by atoms with Gasteiger partial charge in [-0.2, -0.15) is 10.4 Å². The molecule has 8 heteroatoms. The quantitative estimate of drug-likeness (QED) is 0.881. The number of fused-ring (bicyclic) bond motifs is 1. The highest BCUT2D eigenvalue weighted by Gasteiger charge is 2.35. The van der Waals surface area contributed by atoms with Gasteiger partial charge in [0.05, 0.1) is 41.3 Å². The Labute approximate surface area is 156 Å². The fourth-order valence-corrected chi connectivity index (χ4v) is 3.68. The monoisotopic (exact) mass is 365 g/mol. The zero-order valence-electron chi connectivity index (χ0n) is 15.1. The van der Waals surface area contributed by atoms with Gasteiger partial charge in [0.2, 0.25) is 5.91 Å². The molecule has 8 nitrogen and oxygen atoms in total. The molecule has 2 heterocycles. The predicted octanol–water partition coefficient (Wildman–Crippen LogP) is 3.00. The molecular weight excluding hydrogens is 346 g/mol. The second-order valence-electron chi connectivity index (χ2n) is 7.07. The minimum Gasteiger partial charge on any atom is -0.465 e. The summed E-state index contributed by atoms with van der Waals surface area (Å²) in [5.74, 6) is -0.188. The molecule has 2 aliphatic rings. The molecule has 1 aromatic carbocycles. The number of anilines is 2. The molecule has 2 aromatic rings. The van der Waals surface area contributed by atoms with Gasteiger partial charge in [0.1, 0.15) is 0 Å². The van der Waals surface area contributed by atoms with Crippen molar-refractivity contribution in [1.29, 1.82) is 5.26 Å². The van der Waals surface area contributed by atoms with E-state index in [9.17, 15) is 20.0 Å². The van der Waals surface area contributed by atoms with Crippen LogP contribution in [-0.2, 0) is 4.79 Å². The van der Waals surface area contributed by atoms with Gasteiger partial charge in [-0.1, -0.05) is 0 Å². The summed E-state index contributed by atoms with van der Waals surface area (Å²) < 4.78 is 1.88. The highest BCUT2D eigenvalue weighted by Crippen LogP contribution is 2.41. The molecule has 0 spiro atoms. The van der Waals surface area contributed by atoms with Crippen molar-refractivity contribution in [3.05, 3.63) is 30.1 Å². The van der Waals surface area contributed by atoms with Crippen LogP contribution in [0.25, 0.3) is 11.1 Å². The SMILES string of the molecule is CC(=O)N1c2cc(C#N)c(-c3cnn(C4CC4)c3)cc2N(C(=O)O)CC1C. The highest BCUT2D eigenvalue weighted by molar-refractivity contribution is 6.03. The maximum absolute atomic E-state index is 12.2. The van der Waals surface area contributed by atoms with E-state index in [2.05, 4.69) is 11.2 Å². The molecule has 1 N–H and O–H groups in total. The number of nitriles is 1. The number of carboxylic acid groups (broad SMARTS) is 1. The third-order valence-corrected chi connectivity index (χ3v) is 5.08. The fourth-order valence-electron chi connectivity index (χ4n) is 3.68. The van der Waals surface area contributed by atoms with Crippen molar-refractivity contribution in [1.82, 2.24) is 9.78 Å². The first kappa shape index (κ1) is 17.1. The van der Waals surface area contributed by atoms with Crippen LogP contribution < -0.4 is 9.80 Å². The first-order valence-electron chi connectivity index (χ1n) is 8.83. The number of rotatable bonds is 2. The molecule has 0 radical (unpaired) electrons. The van der Waals surface area contributed by atoms with Crippen LogP contribution in [0.2, 0.25) is 0 Å². The van der Waals surface area contributed by atoms with Crippen molar-refractivity contribution in [3.8, 4) is 17.2 Å². The van der Waals surface area contributed by atoms with Gasteiger partial charge >= 0.3 is 6.09 Å². The van der Waals surface area contributed by atoms with Crippen molar-refractivity contribution in [2.24, 2.45) is 0 Å². The number of carbonyl (C=O) groups excluding carboxylic acids is 1. The average Bonchev–Trinajstić information content (AvgIpc) is 3.36. The molecule has 4 rings (SSSR count). The standard InChI is InChI=1S/C19H19N5O3/c1-11-9-22(19(26)27)17-6-16(14-8-21-23(10-14)15-3-4-15)13(7-20)5-18(17)24(11)12(2)25/h5-6,8,10-11,15H,3-4,9H2,1-2H3,(H,26,27). The summed E-state index contributed by atoms with van der Waals surface area (Å²) in [7, 11) is 0. The van der Waals surface area contributed by atoms with E-state index in [1.54, 1.807) is 30.2 Å². The van der Waals surface area contributed by atoms with Gasteiger partial charge in [-0.3, -0.25) is 14.4 Å². The molecule has 27 heavy (non-hydrogen) atoms. The fraction of sp³-hybridized carbons (Fsp3) is 0.368. The first-order valence-corrected chi connectivity index (χ1v) is 8.83. The number of aromatic nitrogens is 2. The van der Waals surface area contributed by atoms with Gasteiger partial charge in [-0.05, 0) is 31.9 Å². The van der Waals surface area contributed by atoms with Gasteiger partial charge in [-0.25, -0.2) is 4.79 Å². The van der Waals surface area contributed by atoms with E-state index < -0.39 is 6.09 Å². The third kappa shape index (κ3) is 2.81. The van der Waals surface area contributed by atoms with Crippen LogP contribution in [0.4, 0.5) is 16.2 Å². The van der Waals surface area contributed by atoms with Crippen LogP contribution in [0.15, 0.2) is 24.5 Å². The Morgan fingerprint density at radius 1 is 1.30 bits per heavy atom. The Morgan fingerprint density at radius 3 is 2.63 bits per heavy atom. The number of nitrogens with zero attached hydrogens (tertiary/aromatic N) is 5. The Kier molecular flexibility index (Phi) is 3.88. The van der Waals surface area contributed by atoms with E-state index in [0.29, 0.717) is 28.5 Å². The summed E-state index contributed by atoms with van der Waals surface area (Å²) in [6.07, 6.45) is 4.68. The molecule has 0 bridgehead atoms. The molecular formula is C19H19N5O3. The van der Waals surface area contributed by atoms with Crippen molar-refractivity contribution in [2.75, 3.05) is 16.3 Å². The van der Waals surface area contributed by atoms with Gasteiger partial charge in [-0.15, -0.1) is 0 Å². The number of hydrogen-bond acceptors (Lipinski definition) is 4. The van der Waals surface area contributed by atoms with Gasteiger partial charge in [0.15, 0.2) is 0 Å². The molecule has 1 unspecified atom stereocenters. The topological polar surface area (TPSA) is 102 Å². The molecule has 1 aliphatic carbocycles.